The van der Waals surface area contributed by atoms with E-state index in [4.69, 9.17) is 11.6 Å². The zero-order valence-corrected chi connectivity index (χ0v) is 8.95. The minimum absolute atomic E-state index is 0.0402. The number of alkyl halides is 4. The van der Waals surface area contributed by atoms with Crippen LogP contribution in [0.4, 0.5) is 13.2 Å². The number of rotatable bonds is 2. The molecule has 0 bridgehead atoms. The normalized spacial score (nSPS) is 11.5. The van der Waals surface area contributed by atoms with E-state index >= 15 is 0 Å². The van der Waals surface area contributed by atoms with Gasteiger partial charge in [-0.2, -0.15) is 0 Å². The van der Waals surface area contributed by atoms with Gasteiger partial charge in [-0.3, -0.25) is 4.98 Å². The summed E-state index contributed by atoms with van der Waals surface area (Å²) in [6.07, 6.45) is -3.41. The Bertz CT molecular complexity index is 331. The number of nitrogens with zero attached hydrogens (tertiary/aromatic N) is 1. The minimum Gasteiger partial charge on any atom is -0.403 e. The fourth-order valence-electron chi connectivity index (χ4n) is 0.783. The lowest BCUT2D eigenvalue weighted by Gasteiger charge is -2.12. The van der Waals surface area contributed by atoms with Crippen LogP contribution in [0.2, 0.25) is 0 Å². The summed E-state index contributed by atoms with van der Waals surface area (Å²) in [6.45, 7) is 0. The first-order valence-electron chi connectivity index (χ1n) is 3.39. The third kappa shape index (κ3) is 3.02. The Morgan fingerprint density at radius 1 is 1.50 bits per heavy atom. The van der Waals surface area contributed by atoms with Gasteiger partial charge in [0.15, 0.2) is 5.75 Å². The molecule has 78 valence electrons. The summed E-state index contributed by atoms with van der Waals surface area (Å²) in [5.74, 6) is -0.541. The largest absolute Gasteiger partial charge is 0.573 e. The number of hydrogen-bond acceptors (Lipinski definition) is 2. The van der Waals surface area contributed by atoms with E-state index in [9.17, 15) is 13.2 Å². The molecule has 1 heterocycles. The second-order valence-electron chi connectivity index (χ2n) is 2.25. The number of halogens is 5. The van der Waals surface area contributed by atoms with Crippen LogP contribution in [-0.2, 0) is 5.88 Å². The van der Waals surface area contributed by atoms with Crippen molar-refractivity contribution in [2.24, 2.45) is 0 Å². The second kappa shape index (κ2) is 4.35. The number of pyridine rings is 1. The van der Waals surface area contributed by atoms with Gasteiger partial charge < -0.3 is 4.74 Å². The van der Waals surface area contributed by atoms with Crippen LogP contribution in [0.1, 0.15) is 5.69 Å². The van der Waals surface area contributed by atoms with Crippen LogP contribution in [0.25, 0.3) is 0 Å². The fourth-order valence-corrected chi connectivity index (χ4v) is 1.40. The van der Waals surface area contributed by atoms with Gasteiger partial charge in [0, 0.05) is 6.20 Å². The van der Waals surface area contributed by atoms with Crippen LogP contribution in [0.3, 0.4) is 0 Å². The molecule has 0 amide bonds. The molecule has 0 saturated carbocycles. The van der Waals surface area contributed by atoms with Gasteiger partial charge in [0.05, 0.1) is 16.0 Å². The van der Waals surface area contributed by atoms with Crippen LogP contribution in [0, 0.1) is 0 Å². The summed E-state index contributed by atoms with van der Waals surface area (Å²) < 4.78 is 39.7. The monoisotopic (exact) mass is 289 g/mol. The van der Waals surface area contributed by atoms with Crippen LogP contribution >= 0.6 is 27.5 Å². The van der Waals surface area contributed by atoms with Gasteiger partial charge in [-0.25, -0.2) is 0 Å². The molecule has 0 fully saturated rings. The molecule has 0 aliphatic heterocycles. The Hall–Kier alpha value is -0.490. The lowest BCUT2D eigenvalue weighted by atomic mass is 10.3. The highest BCUT2D eigenvalue weighted by molar-refractivity contribution is 9.10. The molecule has 0 aromatic carbocycles. The highest BCUT2D eigenvalue weighted by Gasteiger charge is 2.33. The number of aromatic nitrogens is 1. The van der Waals surface area contributed by atoms with Gasteiger partial charge >= 0.3 is 6.36 Å². The van der Waals surface area contributed by atoms with Crippen molar-refractivity contribution in [3.63, 3.8) is 0 Å². The van der Waals surface area contributed by atoms with Gasteiger partial charge in [-0.05, 0) is 22.0 Å². The number of ether oxygens (including phenoxy) is 1. The molecule has 7 heteroatoms. The van der Waals surface area contributed by atoms with E-state index < -0.39 is 12.1 Å². The first kappa shape index (κ1) is 11.6. The van der Waals surface area contributed by atoms with Gasteiger partial charge in [-0.1, -0.05) is 0 Å². The highest BCUT2D eigenvalue weighted by Crippen LogP contribution is 2.33. The van der Waals surface area contributed by atoms with Crippen LogP contribution < -0.4 is 4.74 Å². The smallest absolute Gasteiger partial charge is 0.403 e. The Kier molecular flexibility index (Phi) is 3.60. The SMILES string of the molecule is FC(F)(F)Oc1c(Br)ccnc1CCl. The molecule has 0 saturated heterocycles. The van der Waals surface area contributed by atoms with Gasteiger partial charge in [0.1, 0.15) is 0 Å². The molecule has 1 aromatic heterocycles. The number of hydrogen-bond donors (Lipinski definition) is 0. The topological polar surface area (TPSA) is 22.1 Å². The predicted molar refractivity (Wildman–Crippen MR) is 48.2 cm³/mol. The summed E-state index contributed by atoms with van der Waals surface area (Å²) >= 11 is 8.32. The molecule has 0 aliphatic carbocycles. The van der Waals surface area contributed by atoms with E-state index in [-0.39, 0.29) is 16.0 Å². The highest BCUT2D eigenvalue weighted by atomic mass is 79.9. The van der Waals surface area contributed by atoms with Crippen molar-refractivity contribution < 1.29 is 17.9 Å². The lowest BCUT2D eigenvalue weighted by molar-refractivity contribution is -0.275. The maximum Gasteiger partial charge on any atom is 0.573 e. The first-order chi connectivity index (χ1) is 6.44. The van der Waals surface area contributed by atoms with E-state index in [1.54, 1.807) is 0 Å². The van der Waals surface area contributed by atoms with Gasteiger partial charge in [0.2, 0.25) is 0 Å². The van der Waals surface area contributed by atoms with Crippen molar-refractivity contribution in [1.82, 2.24) is 4.98 Å². The maximum atomic E-state index is 11.9. The Balaban J connectivity index is 3.05. The third-order valence-corrected chi connectivity index (χ3v) is 2.15. The zero-order chi connectivity index (χ0) is 10.8. The van der Waals surface area contributed by atoms with Crippen molar-refractivity contribution in [2.75, 3.05) is 0 Å². The molecule has 2 nitrogen and oxygen atoms in total. The van der Waals surface area contributed by atoms with Crippen LogP contribution in [0.5, 0.6) is 5.75 Å². The molecule has 0 aliphatic rings. The van der Waals surface area contributed by atoms with Gasteiger partial charge in [0.25, 0.3) is 0 Å². The molecular formula is C7H4BrClF3NO. The van der Waals surface area contributed by atoms with Crippen molar-refractivity contribution in [3.05, 3.63) is 22.4 Å². The molecule has 1 aromatic rings. The predicted octanol–water partition coefficient (Wildman–Crippen LogP) is 3.48. The summed E-state index contributed by atoms with van der Waals surface area (Å²) in [5.41, 5.74) is 0.0402. The summed E-state index contributed by atoms with van der Waals surface area (Å²) in [5, 5.41) is 0. The van der Waals surface area contributed by atoms with E-state index in [1.165, 1.54) is 12.3 Å². The molecule has 14 heavy (non-hydrogen) atoms. The zero-order valence-electron chi connectivity index (χ0n) is 6.61. The van der Waals surface area contributed by atoms with Crippen molar-refractivity contribution in [2.45, 2.75) is 12.2 Å². The fraction of sp³-hybridized carbons (Fsp3) is 0.286. The van der Waals surface area contributed by atoms with E-state index in [0.29, 0.717) is 0 Å². The Labute approximate surface area is 91.2 Å². The lowest BCUT2D eigenvalue weighted by Crippen LogP contribution is -2.18. The van der Waals surface area contributed by atoms with Crippen molar-refractivity contribution in [3.8, 4) is 5.75 Å². The third-order valence-electron chi connectivity index (χ3n) is 1.27. The van der Waals surface area contributed by atoms with Gasteiger partial charge in [-0.15, -0.1) is 24.8 Å². The molecule has 0 radical (unpaired) electrons. The Morgan fingerprint density at radius 3 is 2.64 bits per heavy atom. The van der Waals surface area contributed by atoms with Crippen LogP contribution in [-0.4, -0.2) is 11.3 Å². The summed E-state index contributed by atoms with van der Waals surface area (Å²) in [4.78, 5) is 3.66. The standard InChI is InChI=1S/C7H4BrClF3NO/c8-4-1-2-13-5(3-9)6(4)14-7(10,11)12/h1-2H,3H2. The Morgan fingerprint density at radius 2 is 2.14 bits per heavy atom. The van der Waals surface area contributed by atoms with Crippen LogP contribution in [0.15, 0.2) is 16.7 Å². The first-order valence-corrected chi connectivity index (χ1v) is 4.72. The molecule has 0 spiro atoms. The summed E-state index contributed by atoms with van der Waals surface area (Å²) in [6, 6.07) is 1.34. The maximum absolute atomic E-state index is 11.9. The average Bonchev–Trinajstić information content (AvgIpc) is 2.06. The molecule has 0 unspecified atom stereocenters. The van der Waals surface area contributed by atoms with Crippen molar-refractivity contribution in [1.29, 1.82) is 0 Å². The van der Waals surface area contributed by atoms with E-state index in [2.05, 4.69) is 25.7 Å². The van der Waals surface area contributed by atoms with Crippen molar-refractivity contribution >= 4 is 27.5 Å². The molecule has 0 atom stereocenters. The molecular weight excluding hydrogens is 286 g/mol. The van der Waals surface area contributed by atoms with E-state index in [0.717, 1.165) is 0 Å². The minimum atomic E-state index is -4.74. The van der Waals surface area contributed by atoms with E-state index in [1.807, 2.05) is 0 Å². The quantitative estimate of drug-likeness (QED) is 0.778. The summed E-state index contributed by atoms with van der Waals surface area (Å²) in [7, 11) is 0. The molecule has 1 rings (SSSR count). The molecule has 0 N–H and O–H groups in total. The average molecular weight is 290 g/mol. The second-order valence-corrected chi connectivity index (χ2v) is 3.37.